The van der Waals surface area contributed by atoms with Crippen LogP contribution in [0.5, 0.6) is 0 Å². The Morgan fingerprint density at radius 3 is 1.95 bits per heavy atom. The number of nitrogens with zero attached hydrogens (tertiary/aromatic N) is 2. The lowest BCUT2D eigenvalue weighted by Gasteiger charge is -2.21. The summed E-state index contributed by atoms with van der Waals surface area (Å²) in [5, 5.41) is 0. The summed E-state index contributed by atoms with van der Waals surface area (Å²) >= 11 is 18.7. The zero-order valence-corrected chi connectivity index (χ0v) is 17.0. The first-order valence-electron chi connectivity index (χ1n) is 5.95. The van der Waals surface area contributed by atoms with Gasteiger partial charge < -0.3 is 10.5 Å². The second-order valence-corrected chi connectivity index (χ2v) is 8.14. The molecule has 0 spiro atoms. The lowest BCUT2D eigenvalue weighted by molar-refractivity contribution is -0.163. The molecule has 2 atom stereocenters. The van der Waals surface area contributed by atoms with E-state index in [0.717, 1.165) is 6.89 Å². The number of nitrogens with two attached hydrogens (primary N) is 1. The maximum absolute atomic E-state index is 12.0. The van der Waals surface area contributed by atoms with E-state index in [1.165, 1.54) is 11.8 Å². The van der Waals surface area contributed by atoms with Gasteiger partial charge in [0, 0.05) is 38.7 Å². The summed E-state index contributed by atoms with van der Waals surface area (Å²) < 4.78 is 6.61. The molecule has 2 N–H and O–H groups in total. The van der Waals surface area contributed by atoms with Crippen molar-refractivity contribution in [1.82, 2.24) is 6.89 Å². The van der Waals surface area contributed by atoms with Crippen molar-refractivity contribution in [3.05, 3.63) is 0 Å². The molecule has 0 unspecified atom stereocenters. The van der Waals surface area contributed by atoms with Gasteiger partial charge in [-0.2, -0.15) is 11.8 Å². The van der Waals surface area contributed by atoms with Gasteiger partial charge in [-0.1, -0.05) is 0 Å². The van der Waals surface area contributed by atoms with Crippen LogP contribution >= 0.6 is 67.6 Å². The third-order valence-corrected chi connectivity index (χ3v) is 4.58. The van der Waals surface area contributed by atoms with E-state index < -0.39 is 29.9 Å². The summed E-state index contributed by atoms with van der Waals surface area (Å²) in [5.74, 6) is -1.67. The molecule has 1 amide bonds. The van der Waals surface area contributed by atoms with Crippen LogP contribution in [-0.4, -0.2) is 48.8 Å². The first-order chi connectivity index (χ1) is 10.2. The maximum atomic E-state index is 12.0. The Kier molecular flexibility index (Phi) is 12.1. The van der Waals surface area contributed by atoms with Crippen molar-refractivity contribution in [3.8, 4) is 0 Å². The lowest BCUT2D eigenvalue weighted by atomic mass is 10.1. The van der Waals surface area contributed by atoms with Crippen molar-refractivity contribution < 1.29 is 19.1 Å². The van der Waals surface area contributed by atoms with Gasteiger partial charge in [0.1, 0.15) is 12.1 Å². The van der Waals surface area contributed by atoms with E-state index in [2.05, 4.69) is 32.3 Å². The number of hydrogen-bond acceptors (Lipinski definition) is 7. The summed E-state index contributed by atoms with van der Waals surface area (Å²) in [5.41, 5.74) is 5.02. The first-order valence-corrected chi connectivity index (χ1v) is 9.43. The summed E-state index contributed by atoms with van der Waals surface area (Å²) in [6, 6.07) is -1.88. The molecule has 12 heteroatoms. The van der Waals surface area contributed by atoms with Crippen LogP contribution in [0.4, 0.5) is 0 Å². The van der Waals surface area contributed by atoms with Crippen LogP contribution in [-0.2, 0) is 19.1 Å². The molecule has 0 saturated heterocycles. The molecule has 0 aromatic rings. The van der Waals surface area contributed by atoms with Crippen molar-refractivity contribution in [3.63, 3.8) is 0 Å². The van der Waals surface area contributed by atoms with Crippen molar-refractivity contribution in [1.29, 1.82) is 0 Å². The fourth-order valence-corrected chi connectivity index (χ4v) is 2.89. The molecule has 7 nitrogen and oxygen atoms in total. The number of amides is 1. The van der Waals surface area contributed by atoms with E-state index >= 15 is 0 Å². The van der Waals surface area contributed by atoms with E-state index in [1.54, 1.807) is 0 Å². The Hall–Kier alpha value is 0.420. The molecule has 22 heavy (non-hydrogen) atoms. The molecule has 0 aliphatic rings. The predicted octanol–water partition coefficient (Wildman–Crippen LogP) is 2.34. The second-order valence-electron chi connectivity index (χ2n) is 4.08. The smallest absolute Gasteiger partial charge is 0.333 e. The number of esters is 2. The highest BCUT2D eigenvalue weighted by Gasteiger charge is 2.32. The highest BCUT2D eigenvalue weighted by atomic mass is 79.9. The maximum Gasteiger partial charge on any atom is 0.333 e. The number of hydrogen-bond donors (Lipinski definition) is 1. The monoisotopic (exact) mass is 501 g/mol. The van der Waals surface area contributed by atoms with E-state index in [4.69, 9.17) is 34.0 Å². The molecule has 0 bridgehead atoms. The predicted molar refractivity (Wildman–Crippen MR) is 93.3 cm³/mol. The number of primary amides is 1. The van der Waals surface area contributed by atoms with Crippen LogP contribution in [0, 0.1) is 0 Å². The molecule has 0 aromatic heterocycles. The number of carbonyl (C=O) groups excluding carboxylic acids is 3. The average Bonchev–Trinajstić information content (AvgIpc) is 2.37. The summed E-state index contributed by atoms with van der Waals surface area (Å²) in [6.07, 6.45) is 2.17. The van der Waals surface area contributed by atoms with E-state index in [9.17, 15) is 14.4 Å². The minimum absolute atomic E-state index is 0.00454. The van der Waals surface area contributed by atoms with Gasteiger partial charge in [0.25, 0.3) is 0 Å². The number of halogens is 4. The molecule has 0 aromatic carbocycles. The quantitative estimate of drug-likeness (QED) is 0.278. The van der Waals surface area contributed by atoms with Crippen LogP contribution in [0.3, 0.4) is 0 Å². The van der Waals surface area contributed by atoms with Crippen molar-refractivity contribution in [2.24, 2.45) is 5.73 Å². The van der Waals surface area contributed by atoms with Crippen LogP contribution in [0.2, 0.25) is 0 Å². The van der Waals surface area contributed by atoms with Crippen molar-refractivity contribution in [2.75, 3.05) is 12.0 Å². The van der Waals surface area contributed by atoms with Crippen LogP contribution in [0.25, 0.3) is 0 Å². The van der Waals surface area contributed by atoms with Crippen molar-refractivity contribution >= 4 is 85.5 Å². The number of ether oxygens (including phenoxy) is 1. The Morgan fingerprint density at radius 1 is 1.14 bits per heavy atom. The molecule has 0 heterocycles. The number of carbonyl (C=O) groups is 3. The Morgan fingerprint density at radius 2 is 1.59 bits per heavy atom. The summed E-state index contributed by atoms with van der Waals surface area (Å²) in [6.45, 7) is 0. The van der Waals surface area contributed by atoms with Gasteiger partial charge in [-0.25, -0.2) is 9.59 Å². The number of thioether (sulfide) groups is 1. The van der Waals surface area contributed by atoms with E-state index in [1.807, 2.05) is 6.26 Å². The summed E-state index contributed by atoms with van der Waals surface area (Å²) in [7, 11) is 0. The van der Waals surface area contributed by atoms with E-state index in [-0.39, 0.29) is 12.8 Å². The topological polar surface area (TPSA) is 92.9 Å². The standard InChI is InChI=1S/C10H15Br2Cl2N3O4S/c1-22-5-4-7(17(12)14)10(20)21-9(19)6(16(11)13)2-3-8(15)18/h6-7H,2-5H2,1H3,(H2,15,18)/t6-,7-/m0/s1. The molecule has 0 rings (SSSR count). The summed E-state index contributed by atoms with van der Waals surface area (Å²) in [4.78, 5) is 34.7. The number of rotatable bonds is 10. The third kappa shape index (κ3) is 8.90. The normalized spacial score (nSPS) is 14.0. The van der Waals surface area contributed by atoms with Crippen molar-refractivity contribution in [2.45, 2.75) is 31.3 Å². The highest BCUT2D eigenvalue weighted by molar-refractivity contribution is 9.08. The zero-order chi connectivity index (χ0) is 17.3. The van der Waals surface area contributed by atoms with Gasteiger partial charge >= 0.3 is 11.9 Å². The van der Waals surface area contributed by atoms with Crippen LogP contribution < -0.4 is 5.73 Å². The highest BCUT2D eigenvalue weighted by Crippen LogP contribution is 2.20. The second kappa shape index (κ2) is 11.9. The van der Waals surface area contributed by atoms with Crippen LogP contribution in [0.15, 0.2) is 0 Å². The fourth-order valence-electron chi connectivity index (χ4n) is 1.33. The fraction of sp³-hybridized carbons (Fsp3) is 0.700. The van der Waals surface area contributed by atoms with Gasteiger partial charge in [-0.3, -0.25) is 4.79 Å². The molecular weight excluding hydrogens is 489 g/mol. The third-order valence-electron chi connectivity index (χ3n) is 2.48. The molecule has 0 radical (unpaired) electrons. The minimum Gasteiger partial charge on any atom is -0.391 e. The zero-order valence-electron chi connectivity index (χ0n) is 11.5. The molecule has 0 saturated carbocycles. The average molecular weight is 504 g/mol. The van der Waals surface area contributed by atoms with E-state index in [0.29, 0.717) is 12.2 Å². The molecule has 0 aliphatic heterocycles. The van der Waals surface area contributed by atoms with Gasteiger partial charge in [-0.05, 0) is 48.4 Å². The molecule has 0 fully saturated rings. The Labute approximate surface area is 160 Å². The Bertz CT molecular complexity index is 404. The van der Waals surface area contributed by atoms with Gasteiger partial charge in [0.15, 0.2) is 0 Å². The first kappa shape index (κ1) is 22.4. The molecule has 128 valence electrons. The largest absolute Gasteiger partial charge is 0.391 e. The molecular formula is C10H15Br2Cl2N3O4S. The van der Waals surface area contributed by atoms with Crippen LogP contribution in [0.1, 0.15) is 19.3 Å². The van der Waals surface area contributed by atoms with Gasteiger partial charge in [-0.15, -0.1) is 6.89 Å². The SMILES string of the molecule is CSCC[C@@H](C(=O)OC(=O)[C@H](CCC(N)=O)N(Cl)Br)N(Cl)Br. The Balaban J connectivity index is 4.74. The molecule has 0 aliphatic carbocycles. The minimum atomic E-state index is -1.04. The van der Waals surface area contributed by atoms with Gasteiger partial charge in [0.05, 0.1) is 0 Å². The lowest BCUT2D eigenvalue weighted by Crippen LogP contribution is -2.39. The van der Waals surface area contributed by atoms with Gasteiger partial charge in [0.2, 0.25) is 5.91 Å².